The van der Waals surface area contributed by atoms with Crippen LogP contribution >= 0.6 is 23.1 Å². The number of aryl methyl sites for hydroxylation is 3. The lowest BCUT2D eigenvalue weighted by Crippen LogP contribution is -2.14. The first-order chi connectivity index (χ1) is 15.2. The van der Waals surface area contributed by atoms with Crippen molar-refractivity contribution in [2.24, 2.45) is 0 Å². The molecule has 0 fully saturated rings. The summed E-state index contributed by atoms with van der Waals surface area (Å²) in [6.45, 7) is 2.09. The van der Waals surface area contributed by atoms with E-state index in [4.69, 9.17) is 9.72 Å². The number of methoxy groups -OCH3 is 1. The molecule has 3 heterocycles. The number of hydrogen-bond acceptors (Lipinski definition) is 7. The molecule has 0 bridgehead atoms. The van der Waals surface area contributed by atoms with Crippen molar-refractivity contribution in [2.45, 2.75) is 44.2 Å². The Hall–Kier alpha value is -2.65. The van der Waals surface area contributed by atoms with Crippen molar-refractivity contribution in [3.8, 4) is 5.75 Å². The van der Waals surface area contributed by atoms with E-state index in [-0.39, 0.29) is 11.7 Å². The molecule has 1 amide bonds. The highest BCUT2D eigenvalue weighted by atomic mass is 32.2. The molecule has 0 atom stereocenters. The smallest absolute Gasteiger partial charge is 0.234 e. The van der Waals surface area contributed by atoms with Crippen molar-refractivity contribution in [3.05, 3.63) is 40.5 Å². The lowest BCUT2D eigenvalue weighted by molar-refractivity contribution is -0.113. The third-order valence-electron chi connectivity index (χ3n) is 5.50. The van der Waals surface area contributed by atoms with Crippen LogP contribution in [-0.4, -0.2) is 38.4 Å². The number of ether oxygens (including phenoxy) is 1. The number of carbonyl (C=O) groups excluding carboxylic acids is 1. The van der Waals surface area contributed by atoms with E-state index in [2.05, 4.69) is 22.4 Å². The summed E-state index contributed by atoms with van der Waals surface area (Å²) in [6, 6.07) is 7.33. The highest BCUT2D eigenvalue weighted by Crippen LogP contribution is 2.38. The van der Waals surface area contributed by atoms with Crippen molar-refractivity contribution in [2.75, 3.05) is 18.2 Å². The molecule has 0 spiro atoms. The number of rotatable bonds is 6. The average Bonchev–Trinajstić information content (AvgIpc) is 3.38. The molecule has 0 radical (unpaired) electrons. The van der Waals surface area contributed by atoms with Crippen molar-refractivity contribution in [1.82, 2.24) is 19.6 Å². The quantitative estimate of drug-likeness (QED) is 0.432. The minimum atomic E-state index is -0.102. The van der Waals surface area contributed by atoms with Gasteiger partial charge in [-0.15, -0.1) is 21.5 Å². The Kier molecular flexibility index (Phi) is 5.54. The summed E-state index contributed by atoms with van der Waals surface area (Å²) in [5.74, 6) is 1.77. The molecule has 4 aromatic rings. The average molecular weight is 454 g/mol. The third-order valence-corrected chi connectivity index (χ3v) is 7.62. The molecule has 1 N–H and O–H groups in total. The Balaban J connectivity index is 1.43. The van der Waals surface area contributed by atoms with Crippen molar-refractivity contribution in [3.63, 3.8) is 0 Å². The number of thiophene rings is 1. The predicted octanol–water partition coefficient (Wildman–Crippen LogP) is 4.52. The normalized spacial score (nSPS) is 13.5. The first kappa shape index (κ1) is 20.3. The number of aromatic nitrogens is 4. The van der Waals surface area contributed by atoms with Gasteiger partial charge in [-0.3, -0.25) is 9.20 Å². The molecule has 3 aromatic heterocycles. The summed E-state index contributed by atoms with van der Waals surface area (Å²) in [5.41, 5.74) is 2.97. The molecule has 7 nitrogen and oxygen atoms in total. The summed E-state index contributed by atoms with van der Waals surface area (Å²) in [4.78, 5) is 20.0. The number of benzene rings is 1. The summed E-state index contributed by atoms with van der Waals surface area (Å²) >= 11 is 3.18. The molecule has 160 valence electrons. The van der Waals surface area contributed by atoms with Crippen LogP contribution in [0.5, 0.6) is 5.75 Å². The minimum Gasteiger partial charge on any atom is -0.497 e. The number of fused-ring (bicyclic) bond motifs is 5. The maximum absolute atomic E-state index is 12.5. The molecular weight excluding hydrogens is 430 g/mol. The first-order valence-corrected chi connectivity index (χ1v) is 12.2. The molecule has 0 aliphatic heterocycles. The van der Waals surface area contributed by atoms with Gasteiger partial charge in [0, 0.05) is 23.1 Å². The van der Waals surface area contributed by atoms with E-state index in [1.807, 2.05) is 22.6 Å². The fourth-order valence-electron chi connectivity index (χ4n) is 4.05. The van der Waals surface area contributed by atoms with Gasteiger partial charge in [-0.25, -0.2) is 4.98 Å². The van der Waals surface area contributed by atoms with E-state index in [1.165, 1.54) is 35.0 Å². The number of nitrogens with zero attached hydrogens (tertiary/aromatic N) is 4. The number of anilines is 1. The fourth-order valence-corrected chi connectivity index (χ4v) is 6.08. The summed E-state index contributed by atoms with van der Waals surface area (Å²) in [7, 11) is 1.61. The van der Waals surface area contributed by atoms with Crippen LogP contribution in [0.2, 0.25) is 0 Å². The van der Waals surface area contributed by atoms with Gasteiger partial charge in [0.2, 0.25) is 5.91 Å². The Morgan fingerprint density at radius 2 is 2.16 bits per heavy atom. The second-order valence-electron chi connectivity index (χ2n) is 7.48. The monoisotopic (exact) mass is 453 g/mol. The second-order valence-corrected chi connectivity index (χ2v) is 9.51. The zero-order valence-electron chi connectivity index (χ0n) is 17.5. The van der Waals surface area contributed by atoms with E-state index in [9.17, 15) is 4.79 Å². The van der Waals surface area contributed by atoms with E-state index in [1.54, 1.807) is 24.5 Å². The van der Waals surface area contributed by atoms with Crippen LogP contribution in [0, 0.1) is 0 Å². The van der Waals surface area contributed by atoms with Crippen molar-refractivity contribution >= 4 is 50.6 Å². The molecule has 1 aliphatic rings. The topological polar surface area (TPSA) is 81.4 Å². The molecule has 1 aromatic carbocycles. The van der Waals surface area contributed by atoms with Crippen LogP contribution in [-0.2, 0) is 24.1 Å². The van der Waals surface area contributed by atoms with Gasteiger partial charge < -0.3 is 10.1 Å². The summed E-state index contributed by atoms with van der Waals surface area (Å²) in [5, 5.41) is 13.7. The highest BCUT2D eigenvalue weighted by Gasteiger charge is 2.23. The maximum Gasteiger partial charge on any atom is 0.234 e. The van der Waals surface area contributed by atoms with Gasteiger partial charge in [0.25, 0.3) is 0 Å². The lowest BCUT2D eigenvalue weighted by Gasteiger charge is -2.11. The van der Waals surface area contributed by atoms with E-state index in [0.717, 1.165) is 41.0 Å². The first-order valence-electron chi connectivity index (χ1n) is 10.4. The van der Waals surface area contributed by atoms with Crippen molar-refractivity contribution in [1.29, 1.82) is 0 Å². The van der Waals surface area contributed by atoms with Crippen LogP contribution in [0.1, 0.15) is 36.0 Å². The van der Waals surface area contributed by atoms with Crippen molar-refractivity contribution < 1.29 is 9.53 Å². The number of carbonyl (C=O) groups is 1. The Labute approximate surface area is 188 Å². The number of hydrogen-bond donors (Lipinski definition) is 1. The molecule has 0 saturated carbocycles. The maximum atomic E-state index is 12.5. The lowest BCUT2D eigenvalue weighted by atomic mass is 9.97. The Morgan fingerprint density at radius 1 is 1.29 bits per heavy atom. The second kappa shape index (κ2) is 8.47. The van der Waals surface area contributed by atoms with Gasteiger partial charge in [0.05, 0.1) is 18.2 Å². The minimum absolute atomic E-state index is 0.102. The largest absolute Gasteiger partial charge is 0.497 e. The van der Waals surface area contributed by atoms with Gasteiger partial charge in [-0.2, -0.15) is 0 Å². The molecule has 0 saturated heterocycles. The van der Waals surface area contributed by atoms with E-state index >= 15 is 0 Å². The van der Waals surface area contributed by atoms with Gasteiger partial charge in [-0.05, 0) is 43.4 Å². The zero-order chi connectivity index (χ0) is 21.4. The third kappa shape index (κ3) is 3.76. The van der Waals surface area contributed by atoms with Gasteiger partial charge in [-0.1, -0.05) is 24.8 Å². The van der Waals surface area contributed by atoms with Gasteiger partial charge in [0.1, 0.15) is 16.4 Å². The molecule has 1 aliphatic carbocycles. The fraction of sp³-hybridized carbons (Fsp3) is 0.364. The van der Waals surface area contributed by atoms with E-state index in [0.29, 0.717) is 16.6 Å². The standard InChI is InChI=1S/C22H23N5O2S2/c1-3-17-24-21-19(15-9-4-5-10-16(15)31-21)20-25-26-22(27(17)20)30-12-18(28)23-13-7-6-8-14(11-13)29-2/h6-8,11H,3-5,9-10,12H2,1-2H3,(H,23,28). The van der Waals surface area contributed by atoms with Crippen LogP contribution in [0.15, 0.2) is 29.4 Å². The number of thioether (sulfide) groups is 1. The van der Waals surface area contributed by atoms with Gasteiger partial charge in [0.15, 0.2) is 10.8 Å². The Bertz CT molecular complexity index is 1280. The zero-order valence-corrected chi connectivity index (χ0v) is 19.1. The molecule has 31 heavy (non-hydrogen) atoms. The van der Waals surface area contributed by atoms with Crippen LogP contribution in [0.3, 0.4) is 0 Å². The SMILES string of the molecule is CCc1nc2sc3c(c2c2nnc(SCC(=O)Nc4cccc(OC)c4)n12)CCCC3. The highest BCUT2D eigenvalue weighted by molar-refractivity contribution is 7.99. The van der Waals surface area contributed by atoms with Crippen LogP contribution < -0.4 is 10.1 Å². The predicted molar refractivity (Wildman–Crippen MR) is 125 cm³/mol. The molecule has 9 heteroatoms. The molecule has 5 rings (SSSR count). The summed E-state index contributed by atoms with van der Waals surface area (Å²) in [6.07, 6.45) is 5.44. The van der Waals surface area contributed by atoms with Gasteiger partial charge >= 0.3 is 0 Å². The number of amides is 1. The van der Waals surface area contributed by atoms with Crippen LogP contribution in [0.25, 0.3) is 15.9 Å². The molecular formula is C22H23N5O2S2. The molecule has 0 unspecified atom stereocenters. The van der Waals surface area contributed by atoms with Crippen LogP contribution in [0.4, 0.5) is 5.69 Å². The van der Waals surface area contributed by atoms with E-state index < -0.39 is 0 Å². The number of nitrogens with one attached hydrogen (secondary N) is 1. The Morgan fingerprint density at radius 3 is 3.00 bits per heavy atom. The summed E-state index contributed by atoms with van der Waals surface area (Å²) < 4.78 is 7.25.